The highest BCUT2D eigenvalue weighted by Gasteiger charge is 2.37. The van der Waals surface area contributed by atoms with E-state index in [9.17, 15) is 8.42 Å². The molecule has 0 saturated heterocycles. The molecule has 1 aliphatic rings. The molecule has 0 amide bonds. The Morgan fingerprint density at radius 2 is 1.94 bits per heavy atom. The van der Waals surface area contributed by atoms with Crippen LogP contribution in [0, 0.1) is 0 Å². The second kappa shape index (κ2) is 4.92. The molecule has 1 fully saturated rings. The van der Waals surface area contributed by atoms with Gasteiger partial charge in [-0.2, -0.15) is 4.31 Å². The van der Waals surface area contributed by atoms with E-state index in [1.807, 2.05) is 0 Å². The number of halogens is 1. The van der Waals surface area contributed by atoms with Crippen molar-refractivity contribution in [1.29, 1.82) is 0 Å². The van der Waals surface area contributed by atoms with Crippen LogP contribution in [0.1, 0.15) is 12.8 Å². The van der Waals surface area contributed by atoms with E-state index in [0.717, 1.165) is 17.3 Å². The van der Waals surface area contributed by atoms with E-state index in [-0.39, 0.29) is 6.04 Å². The van der Waals surface area contributed by atoms with Gasteiger partial charge in [0.15, 0.2) is 0 Å². The minimum atomic E-state index is -3.38. The number of benzene rings is 1. The molecule has 0 N–H and O–H groups in total. The fourth-order valence-corrected chi connectivity index (χ4v) is 3.60. The van der Waals surface area contributed by atoms with E-state index in [0.29, 0.717) is 11.4 Å². The van der Waals surface area contributed by atoms with Gasteiger partial charge in [-0.3, -0.25) is 0 Å². The standard InChI is InChI=1S/C12H14BrNO2S/c1-2-9-14(11-5-6-11)17(15,16)12-7-3-10(13)4-8-12/h2-4,7-8,11H,1,5-6,9H2. The minimum absolute atomic E-state index is 0.154. The molecule has 5 heteroatoms. The summed E-state index contributed by atoms with van der Waals surface area (Å²) in [6.45, 7) is 4.00. The van der Waals surface area contributed by atoms with Crippen molar-refractivity contribution in [2.75, 3.05) is 6.54 Å². The van der Waals surface area contributed by atoms with Gasteiger partial charge in [0.1, 0.15) is 0 Å². The summed E-state index contributed by atoms with van der Waals surface area (Å²) in [4.78, 5) is 0.342. The Kier molecular flexibility index (Phi) is 3.70. The Hall–Kier alpha value is -0.650. The molecule has 0 aliphatic heterocycles. The Bertz CT molecular complexity index is 506. The predicted octanol–water partition coefficient (Wildman–Crippen LogP) is 2.79. The first-order valence-electron chi connectivity index (χ1n) is 5.44. The van der Waals surface area contributed by atoms with Crippen molar-refractivity contribution in [3.05, 3.63) is 41.4 Å². The highest BCUT2D eigenvalue weighted by molar-refractivity contribution is 9.10. The third kappa shape index (κ3) is 2.78. The summed E-state index contributed by atoms with van der Waals surface area (Å²) in [7, 11) is -3.38. The van der Waals surface area contributed by atoms with E-state index < -0.39 is 10.0 Å². The highest BCUT2D eigenvalue weighted by Crippen LogP contribution is 2.32. The Morgan fingerprint density at radius 1 is 1.35 bits per heavy atom. The van der Waals surface area contributed by atoms with Gasteiger partial charge >= 0.3 is 0 Å². The average molecular weight is 316 g/mol. The lowest BCUT2D eigenvalue weighted by Crippen LogP contribution is -2.33. The maximum absolute atomic E-state index is 12.4. The van der Waals surface area contributed by atoms with Crippen LogP contribution in [-0.4, -0.2) is 25.3 Å². The summed E-state index contributed by atoms with van der Waals surface area (Å²) in [6.07, 6.45) is 3.53. The van der Waals surface area contributed by atoms with Crippen LogP contribution in [-0.2, 0) is 10.0 Å². The summed E-state index contributed by atoms with van der Waals surface area (Å²) < 4.78 is 27.2. The molecule has 0 aromatic heterocycles. The molecular formula is C12H14BrNO2S. The van der Waals surface area contributed by atoms with Crippen LogP contribution >= 0.6 is 15.9 Å². The quantitative estimate of drug-likeness (QED) is 0.783. The molecule has 0 radical (unpaired) electrons. The zero-order valence-electron chi connectivity index (χ0n) is 9.34. The topological polar surface area (TPSA) is 37.4 Å². The number of sulfonamides is 1. The van der Waals surface area contributed by atoms with Gasteiger partial charge in [0.05, 0.1) is 4.90 Å². The molecule has 1 saturated carbocycles. The number of rotatable bonds is 5. The lowest BCUT2D eigenvalue weighted by Gasteiger charge is -2.20. The van der Waals surface area contributed by atoms with Crippen LogP contribution in [0.3, 0.4) is 0 Å². The minimum Gasteiger partial charge on any atom is -0.207 e. The van der Waals surface area contributed by atoms with Crippen LogP contribution in [0.5, 0.6) is 0 Å². The maximum Gasteiger partial charge on any atom is 0.243 e. The highest BCUT2D eigenvalue weighted by atomic mass is 79.9. The molecule has 17 heavy (non-hydrogen) atoms. The predicted molar refractivity (Wildman–Crippen MR) is 71.3 cm³/mol. The smallest absolute Gasteiger partial charge is 0.207 e. The van der Waals surface area contributed by atoms with Gasteiger partial charge < -0.3 is 0 Å². The number of nitrogens with zero attached hydrogens (tertiary/aromatic N) is 1. The van der Waals surface area contributed by atoms with E-state index >= 15 is 0 Å². The van der Waals surface area contributed by atoms with E-state index in [2.05, 4.69) is 22.5 Å². The van der Waals surface area contributed by atoms with Crippen molar-refractivity contribution >= 4 is 26.0 Å². The molecule has 0 spiro atoms. The number of hydrogen-bond acceptors (Lipinski definition) is 2. The molecule has 0 bridgehead atoms. The third-order valence-corrected chi connectivity index (χ3v) is 5.14. The van der Waals surface area contributed by atoms with Crippen LogP contribution in [0.25, 0.3) is 0 Å². The van der Waals surface area contributed by atoms with Crippen LogP contribution in [0.4, 0.5) is 0 Å². The normalized spacial score (nSPS) is 16.1. The van der Waals surface area contributed by atoms with Crippen molar-refractivity contribution in [2.45, 2.75) is 23.8 Å². The second-order valence-corrected chi connectivity index (χ2v) is 6.85. The van der Waals surface area contributed by atoms with Crippen molar-refractivity contribution in [2.24, 2.45) is 0 Å². The summed E-state index contributed by atoms with van der Waals surface area (Å²) in [5.41, 5.74) is 0. The maximum atomic E-state index is 12.4. The van der Waals surface area contributed by atoms with Crippen LogP contribution in [0.2, 0.25) is 0 Å². The van der Waals surface area contributed by atoms with E-state index in [1.54, 1.807) is 30.3 Å². The van der Waals surface area contributed by atoms with Crippen LogP contribution < -0.4 is 0 Å². The summed E-state index contributed by atoms with van der Waals surface area (Å²) in [5, 5.41) is 0. The Balaban J connectivity index is 2.33. The number of hydrogen-bond donors (Lipinski definition) is 0. The molecule has 92 valence electrons. The zero-order chi connectivity index (χ0) is 12.5. The van der Waals surface area contributed by atoms with Gasteiger partial charge in [0.2, 0.25) is 10.0 Å². The molecule has 0 unspecified atom stereocenters. The van der Waals surface area contributed by atoms with Crippen molar-refractivity contribution < 1.29 is 8.42 Å². The fourth-order valence-electron chi connectivity index (χ4n) is 1.68. The molecule has 1 aromatic carbocycles. The molecule has 0 atom stereocenters. The van der Waals surface area contributed by atoms with Gasteiger partial charge in [-0.15, -0.1) is 6.58 Å². The Morgan fingerprint density at radius 3 is 2.41 bits per heavy atom. The molecule has 3 nitrogen and oxygen atoms in total. The van der Waals surface area contributed by atoms with Crippen molar-refractivity contribution in [3.63, 3.8) is 0 Å². The largest absolute Gasteiger partial charge is 0.243 e. The van der Waals surface area contributed by atoms with Gasteiger partial charge in [0.25, 0.3) is 0 Å². The third-order valence-electron chi connectivity index (χ3n) is 2.68. The second-order valence-electron chi connectivity index (χ2n) is 4.05. The Labute approximate surface area is 110 Å². The van der Waals surface area contributed by atoms with Gasteiger partial charge in [0, 0.05) is 17.1 Å². The molecule has 1 aliphatic carbocycles. The van der Waals surface area contributed by atoms with E-state index in [1.165, 1.54) is 4.31 Å². The summed E-state index contributed by atoms with van der Waals surface area (Å²) in [5.74, 6) is 0. The average Bonchev–Trinajstić information content (AvgIpc) is 3.10. The zero-order valence-corrected chi connectivity index (χ0v) is 11.7. The van der Waals surface area contributed by atoms with Crippen molar-refractivity contribution in [1.82, 2.24) is 4.31 Å². The molecule has 1 aromatic rings. The first kappa shape index (κ1) is 12.8. The lowest BCUT2D eigenvalue weighted by molar-refractivity contribution is 0.436. The monoisotopic (exact) mass is 315 g/mol. The van der Waals surface area contributed by atoms with Gasteiger partial charge in [-0.05, 0) is 37.1 Å². The van der Waals surface area contributed by atoms with Crippen LogP contribution in [0.15, 0.2) is 46.3 Å². The van der Waals surface area contributed by atoms with Gasteiger partial charge in [-0.1, -0.05) is 22.0 Å². The summed E-state index contributed by atoms with van der Waals surface area (Å²) >= 11 is 3.30. The molecule has 0 heterocycles. The lowest BCUT2D eigenvalue weighted by atomic mass is 10.4. The first-order chi connectivity index (χ1) is 8.05. The first-order valence-corrected chi connectivity index (χ1v) is 7.67. The summed E-state index contributed by atoms with van der Waals surface area (Å²) in [6, 6.07) is 6.88. The van der Waals surface area contributed by atoms with Crippen molar-refractivity contribution in [3.8, 4) is 0 Å². The fraction of sp³-hybridized carbons (Fsp3) is 0.333. The van der Waals surface area contributed by atoms with E-state index in [4.69, 9.17) is 0 Å². The molecular weight excluding hydrogens is 302 g/mol. The SMILES string of the molecule is C=CCN(C1CC1)S(=O)(=O)c1ccc(Br)cc1. The molecule has 2 rings (SSSR count). The van der Waals surface area contributed by atoms with Gasteiger partial charge in [-0.25, -0.2) is 8.42 Å².